The average molecular weight is 194 g/mol. The van der Waals surface area contributed by atoms with E-state index in [1.165, 1.54) is 6.92 Å². The van der Waals surface area contributed by atoms with Crippen molar-refractivity contribution in [1.29, 1.82) is 0 Å². The van der Waals surface area contributed by atoms with Gasteiger partial charge in [0.05, 0.1) is 0 Å². The van der Waals surface area contributed by atoms with Gasteiger partial charge in [0, 0.05) is 6.42 Å². The summed E-state index contributed by atoms with van der Waals surface area (Å²) >= 11 is 0. The highest BCUT2D eigenvalue weighted by atomic mass is 16.3. The Morgan fingerprint density at radius 3 is 2.43 bits per heavy atom. The Bertz CT molecular complexity index is 301. The third kappa shape index (κ3) is 3.18. The van der Waals surface area contributed by atoms with Crippen molar-refractivity contribution in [2.45, 2.75) is 25.9 Å². The normalized spacial score (nSPS) is 12.4. The largest absolute Gasteiger partial charge is 0.508 e. The summed E-state index contributed by atoms with van der Waals surface area (Å²) in [5.74, 6) is 0.0636. The first-order chi connectivity index (χ1) is 6.59. The van der Waals surface area contributed by atoms with E-state index in [9.17, 15) is 4.79 Å². The van der Waals surface area contributed by atoms with E-state index in [1.807, 2.05) is 0 Å². The summed E-state index contributed by atoms with van der Waals surface area (Å²) in [4.78, 5) is 11.1. The van der Waals surface area contributed by atoms with E-state index < -0.39 is 6.10 Å². The van der Waals surface area contributed by atoms with Gasteiger partial charge in [0.1, 0.15) is 11.9 Å². The number of aliphatic hydroxyl groups excluding tert-OH is 1. The van der Waals surface area contributed by atoms with Crippen LogP contribution in [0, 0.1) is 0 Å². The second-order valence-corrected chi connectivity index (χ2v) is 3.31. The maximum Gasteiger partial charge on any atom is 0.161 e. The van der Waals surface area contributed by atoms with Crippen LogP contribution in [0.5, 0.6) is 5.75 Å². The Morgan fingerprint density at radius 2 is 1.93 bits per heavy atom. The van der Waals surface area contributed by atoms with Gasteiger partial charge in [-0.05, 0) is 31.0 Å². The van der Waals surface area contributed by atoms with Gasteiger partial charge < -0.3 is 10.2 Å². The lowest BCUT2D eigenvalue weighted by atomic mass is 10.1. The Kier molecular flexibility index (Phi) is 3.65. The summed E-state index contributed by atoms with van der Waals surface area (Å²) in [6, 6.07) is 6.71. The van der Waals surface area contributed by atoms with E-state index in [0.29, 0.717) is 12.8 Å². The van der Waals surface area contributed by atoms with Gasteiger partial charge in [-0.25, -0.2) is 0 Å². The number of phenols is 1. The number of carbonyl (C=O) groups excluding carboxylic acids is 1. The molecular weight excluding hydrogens is 180 g/mol. The quantitative estimate of drug-likeness (QED) is 0.759. The molecule has 3 nitrogen and oxygen atoms in total. The third-order valence-electron chi connectivity index (χ3n) is 2.06. The second-order valence-electron chi connectivity index (χ2n) is 3.31. The van der Waals surface area contributed by atoms with E-state index in [-0.39, 0.29) is 11.5 Å². The van der Waals surface area contributed by atoms with Crippen LogP contribution in [0.4, 0.5) is 0 Å². The topological polar surface area (TPSA) is 57.5 Å². The van der Waals surface area contributed by atoms with Crippen molar-refractivity contribution in [3.8, 4) is 5.75 Å². The van der Waals surface area contributed by atoms with Gasteiger partial charge in [0.15, 0.2) is 5.78 Å². The van der Waals surface area contributed by atoms with Crippen LogP contribution in [0.2, 0.25) is 0 Å². The SMILES string of the molecule is CC(O)C(=O)CCc1ccc(O)cc1. The van der Waals surface area contributed by atoms with Crippen molar-refractivity contribution >= 4 is 5.78 Å². The molecule has 0 aliphatic rings. The Hall–Kier alpha value is -1.35. The number of Topliss-reactive ketones (excluding diaryl/α,β-unsaturated/α-hetero) is 1. The van der Waals surface area contributed by atoms with Crippen LogP contribution in [0.15, 0.2) is 24.3 Å². The molecule has 1 unspecified atom stereocenters. The van der Waals surface area contributed by atoms with Crippen LogP contribution in [0.25, 0.3) is 0 Å². The van der Waals surface area contributed by atoms with Crippen molar-refractivity contribution < 1.29 is 15.0 Å². The van der Waals surface area contributed by atoms with E-state index in [4.69, 9.17) is 10.2 Å². The van der Waals surface area contributed by atoms with Crippen LogP contribution in [-0.2, 0) is 11.2 Å². The minimum absolute atomic E-state index is 0.155. The highest BCUT2D eigenvalue weighted by Crippen LogP contribution is 2.11. The number of aryl methyl sites for hydroxylation is 1. The second kappa shape index (κ2) is 4.77. The van der Waals surface area contributed by atoms with E-state index in [2.05, 4.69) is 0 Å². The lowest BCUT2D eigenvalue weighted by Crippen LogP contribution is -2.16. The van der Waals surface area contributed by atoms with Gasteiger partial charge in [-0.2, -0.15) is 0 Å². The van der Waals surface area contributed by atoms with Crippen LogP contribution in [-0.4, -0.2) is 22.1 Å². The molecule has 0 heterocycles. The summed E-state index contributed by atoms with van der Waals surface area (Å²) < 4.78 is 0. The van der Waals surface area contributed by atoms with Gasteiger partial charge in [-0.3, -0.25) is 4.79 Å². The first-order valence-corrected chi connectivity index (χ1v) is 4.58. The molecule has 1 aromatic carbocycles. The molecule has 0 bridgehead atoms. The highest BCUT2D eigenvalue weighted by molar-refractivity contribution is 5.82. The fourth-order valence-corrected chi connectivity index (χ4v) is 1.14. The van der Waals surface area contributed by atoms with E-state index in [0.717, 1.165) is 5.56 Å². The molecule has 1 aromatic rings. The number of benzene rings is 1. The number of hydrogen-bond donors (Lipinski definition) is 2. The molecule has 1 atom stereocenters. The Morgan fingerprint density at radius 1 is 1.36 bits per heavy atom. The molecule has 0 saturated carbocycles. The molecule has 76 valence electrons. The van der Waals surface area contributed by atoms with Crippen LogP contribution in [0.1, 0.15) is 18.9 Å². The molecule has 0 aliphatic heterocycles. The van der Waals surface area contributed by atoms with Gasteiger partial charge in [0.25, 0.3) is 0 Å². The number of aliphatic hydroxyl groups is 1. The first kappa shape index (κ1) is 10.7. The Labute approximate surface area is 83.0 Å². The fourth-order valence-electron chi connectivity index (χ4n) is 1.14. The van der Waals surface area contributed by atoms with Crippen LogP contribution >= 0.6 is 0 Å². The molecule has 0 spiro atoms. The number of aromatic hydroxyl groups is 1. The Balaban J connectivity index is 2.46. The minimum atomic E-state index is -0.882. The smallest absolute Gasteiger partial charge is 0.161 e. The number of phenolic OH excluding ortho intramolecular Hbond substituents is 1. The van der Waals surface area contributed by atoms with E-state index in [1.54, 1.807) is 24.3 Å². The van der Waals surface area contributed by atoms with E-state index >= 15 is 0 Å². The van der Waals surface area contributed by atoms with Crippen LogP contribution in [0.3, 0.4) is 0 Å². The molecule has 0 aliphatic carbocycles. The summed E-state index contributed by atoms with van der Waals surface area (Å²) in [5.41, 5.74) is 0.983. The molecule has 14 heavy (non-hydrogen) atoms. The molecule has 1 rings (SSSR count). The highest BCUT2D eigenvalue weighted by Gasteiger charge is 2.08. The zero-order chi connectivity index (χ0) is 10.6. The zero-order valence-corrected chi connectivity index (χ0v) is 8.10. The van der Waals surface area contributed by atoms with Gasteiger partial charge in [-0.15, -0.1) is 0 Å². The number of ketones is 1. The first-order valence-electron chi connectivity index (χ1n) is 4.58. The minimum Gasteiger partial charge on any atom is -0.508 e. The predicted octanol–water partition coefficient (Wildman–Crippen LogP) is 1.27. The molecule has 0 radical (unpaired) electrons. The monoisotopic (exact) mass is 194 g/mol. The average Bonchev–Trinajstić information content (AvgIpc) is 2.16. The summed E-state index contributed by atoms with van der Waals surface area (Å²) in [6.45, 7) is 1.47. The summed E-state index contributed by atoms with van der Waals surface area (Å²) in [7, 11) is 0. The molecule has 0 saturated heterocycles. The van der Waals surface area contributed by atoms with Crippen molar-refractivity contribution in [3.05, 3.63) is 29.8 Å². The molecule has 0 fully saturated rings. The molecule has 3 heteroatoms. The zero-order valence-electron chi connectivity index (χ0n) is 8.10. The van der Waals surface area contributed by atoms with Gasteiger partial charge in [0.2, 0.25) is 0 Å². The fraction of sp³-hybridized carbons (Fsp3) is 0.364. The van der Waals surface area contributed by atoms with Gasteiger partial charge >= 0.3 is 0 Å². The third-order valence-corrected chi connectivity index (χ3v) is 2.06. The molecule has 0 aromatic heterocycles. The molecular formula is C11H14O3. The maximum absolute atomic E-state index is 11.1. The van der Waals surface area contributed by atoms with Gasteiger partial charge in [-0.1, -0.05) is 12.1 Å². The number of carbonyl (C=O) groups is 1. The summed E-state index contributed by atoms with van der Waals surface area (Å²) in [6.07, 6.45) is 0.0547. The standard InChI is InChI=1S/C11H14O3/c1-8(12)11(14)7-4-9-2-5-10(13)6-3-9/h2-3,5-6,8,12-13H,4,7H2,1H3. The number of hydrogen-bond acceptors (Lipinski definition) is 3. The predicted molar refractivity (Wildman–Crippen MR) is 53.1 cm³/mol. The number of rotatable bonds is 4. The lowest BCUT2D eigenvalue weighted by molar-refractivity contribution is -0.126. The molecule has 0 amide bonds. The molecule has 2 N–H and O–H groups in total. The maximum atomic E-state index is 11.1. The van der Waals surface area contributed by atoms with Crippen molar-refractivity contribution in [1.82, 2.24) is 0 Å². The van der Waals surface area contributed by atoms with Crippen molar-refractivity contribution in [3.63, 3.8) is 0 Å². The summed E-state index contributed by atoms with van der Waals surface area (Å²) in [5, 5.41) is 18.0. The van der Waals surface area contributed by atoms with Crippen LogP contribution < -0.4 is 0 Å². The van der Waals surface area contributed by atoms with Crippen molar-refractivity contribution in [2.24, 2.45) is 0 Å². The lowest BCUT2D eigenvalue weighted by Gasteiger charge is -2.03. The van der Waals surface area contributed by atoms with Crippen molar-refractivity contribution in [2.75, 3.05) is 0 Å².